The molecule has 0 unspecified atom stereocenters. The van der Waals surface area contributed by atoms with Crippen molar-refractivity contribution in [3.8, 4) is 0 Å². The maximum atomic E-state index is 12.0. The zero-order chi connectivity index (χ0) is 14.5. The summed E-state index contributed by atoms with van der Waals surface area (Å²) >= 11 is 5.81. The van der Waals surface area contributed by atoms with Crippen molar-refractivity contribution in [1.82, 2.24) is 15.4 Å². The van der Waals surface area contributed by atoms with Gasteiger partial charge in [-0.25, -0.2) is 4.98 Å². The Bertz CT molecular complexity index is 659. The first-order valence-corrected chi connectivity index (χ1v) is 6.04. The lowest BCUT2D eigenvalue weighted by Gasteiger charge is -2.07. The van der Waals surface area contributed by atoms with Crippen LogP contribution in [0.3, 0.4) is 0 Å². The zero-order valence-corrected chi connectivity index (χ0v) is 11.2. The van der Waals surface area contributed by atoms with Crippen molar-refractivity contribution in [1.29, 1.82) is 0 Å². The molecular formula is C13H12ClN5O. The van der Waals surface area contributed by atoms with Crippen LogP contribution in [-0.2, 0) is 0 Å². The van der Waals surface area contributed by atoms with Crippen molar-refractivity contribution in [3.05, 3.63) is 59.5 Å². The first-order chi connectivity index (χ1) is 9.60. The van der Waals surface area contributed by atoms with Gasteiger partial charge in [0.15, 0.2) is 0 Å². The molecule has 2 aromatic rings. The van der Waals surface area contributed by atoms with Crippen LogP contribution in [0.5, 0.6) is 0 Å². The fraction of sp³-hybridized carbons (Fsp3) is 0. The van der Waals surface area contributed by atoms with Gasteiger partial charge in [-0.1, -0.05) is 24.2 Å². The second-order valence-corrected chi connectivity index (χ2v) is 4.28. The SMILES string of the molecule is C=C(NN)c1cccc(NC(=O)c2cc(Cl)ccn2)n1. The van der Waals surface area contributed by atoms with E-state index in [4.69, 9.17) is 17.4 Å². The third-order valence-corrected chi connectivity index (χ3v) is 2.66. The molecule has 0 aliphatic rings. The van der Waals surface area contributed by atoms with Crippen molar-refractivity contribution < 1.29 is 4.79 Å². The second-order valence-electron chi connectivity index (χ2n) is 3.84. The van der Waals surface area contributed by atoms with Crippen molar-refractivity contribution in [2.45, 2.75) is 0 Å². The summed E-state index contributed by atoms with van der Waals surface area (Å²) in [6.45, 7) is 3.69. The average molecular weight is 290 g/mol. The zero-order valence-electron chi connectivity index (χ0n) is 10.4. The van der Waals surface area contributed by atoms with E-state index in [9.17, 15) is 4.79 Å². The Morgan fingerprint density at radius 3 is 2.80 bits per heavy atom. The number of anilines is 1. The van der Waals surface area contributed by atoms with Crippen LogP contribution in [-0.4, -0.2) is 15.9 Å². The van der Waals surface area contributed by atoms with Crippen molar-refractivity contribution in [2.24, 2.45) is 5.84 Å². The van der Waals surface area contributed by atoms with Crippen LogP contribution < -0.4 is 16.6 Å². The van der Waals surface area contributed by atoms with Crippen LogP contribution in [0.4, 0.5) is 5.82 Å². The molecule has 0 aliphatic carbocycles. The maximum absolute atomic E-state index is 12.0. The van der Waals surface area contributed by atoms with Gasteiger partial charge in [0.25, 0.3) is 5.91 Å². The highest BCUT2D eigenvalue weighted by Gasteiger charge is 2.09. The summed E-state index contributed by atoms with van der Waals surface area (Å²) in [5.41, 5.74) is 3.59. The molecular weight excluding hydrogens is 278 g/mol. The molecule has 0 bridgehead atoms. The van der Waals surface area contributed by atoms with Crippen LogP contribution in [0, 0.1) is 0 Å². The van der Waals surface area contributed by atoms with E-state index in [1.165, 1.54) is 12.3 Å². The molecule has 4 N–H and O–H groups in total. The number of nitrogens with one attached hydrogen (secondary N) is 2. The van der Waals surface area contributed by atoms with E-state index in [2.05, 4.69) is 27.3 Å². The van der Waals surface area contributed by atoms with E-state index in [1.807, 2.05) is 0 Å². The molecule has 0 radical (unpaired) electrons. The number of rotatable bonds is 4. The molecule has 2 heterocycles. The summed E-state index contributed by atoms with van der Waals surface area (Å²) in [6, 6.07) is 8.16. The molecule has 7 heteroatoms. The number of nitrogens with two attached hydrogens (primary N) is 1. The van der Waals surface area contributed by atoms with Gasteiger partial charge in [0.05, 0.1) is 11.4 Å². The van der Waals surface area contributed by atoms with Gasteiger partial charge in [-0.05, 0) is 24.3 Å². The van der Waals surface area contributed by atoms with E-state index in [0.29, 0.717) is 22.2 Å². The Kier molecular flexibility index (Phi) is 4.29. The predicted octanol–water partition coefficient (Wildman–Crippen LogP) is 1.82. The number of amides is 1. The summed E-state index contributed by atoms with van der Waals surface area (Å²) in [5, 5.41) is 3.06. The third kappa shape index (κ3) is 3.31. The average Bonchev–Trinajstić information content (AvgIpc) is 2.46. The van der Waals surface area contributed by atoms with Gasteiger partial charge in [0.2, 0.25) is 0 Å². The van der Waals surface area contributed by atoms with Crippen LogP contribution in [0.25, 0.3) is 5.70 Å². The van der Waals surface area contributed by atoms with Gasteiger partial charge in [0.1, 0.15) is 11.5 Å². The number of hydrogen-bond donors (Lipinski definition) is 3. The van der Waals surface area contributed by atoms with Gasteiger partial charge in [-0.2, -0.15) is 0 Å². The Balaban J connectivity index is 2.18. The van der Waals surface area contributed by atoms with E-state index >= 15 is 0 Å². The molecule has 6 nitrogen and oxygen atoms in total. The molecule has 0 atom stereocenters. The number of nitrogens with zero attached hydrogens (tertiary/aromatic N) is 2. The highest BCUT2D eigenvalue weighted by atomic mass is 35.5. The molecule has 0 saturated carbocycles. The Morgan fingerprint density at radius 1 is 1.30 bits per heavy atom. The van der Waals surface area contributed by atoms with Gasteiger partial charge < -0.3 is 10.7 Å². The van der Waals surface area contributed by atoms with Crippen LogP contribution >= 0.6 is 11.6 Å². The maximum Gasteiger partial charge on any atom is 0.275 e. The summed E-state index contributed by atoms with van der Waals surface area (Å²) in [5.74, 6) is 5.23. The summed E-state index contributed by atoms with van der Waals surface area (Å²) in [7, 11) is 0. The lowest BCUT2D eigenvalue weighted by molar-refractivity contribution is 0.102. The molecule has 0 aliphatic heterocycles. The Hall–Kier alpha value is -2.44. The number of pyridine rings is 2. The second kappa shape index (κ2) is 6.14. The number of hydrazine groups is 1. The molecule has 20 heavy (non-hydrogen) atoms. The molecule has 0 spiro atoms. The standard InChI is InChI=1S/C13H12ClN5O/c1-8(19-15)10-3-2-4-12(17-10)18-13(20)11-7-9(14)5-6-16-11/h2-7,19H,1,15H2,(H,17,18,20). The van der Waals surface area contributed by atoms with E-state index < -0.39 is 5.91 Å². The van der Waals surface area contributed by atoms with Crippen molar-refractivity contribution in [3.63, 3.8) is 0 Å². The summed E-state index contributed by atoms with van der Waals surface area (Å²) in [6.07, 6.45) is 1.46. The monoisotopic (exact) mass is 289 g/mol. The third-order valence-electron chi connectivity index (χ3n) is 2.43. The van der Waals surface area contributed by atoms with Crippen LogP contribution in [0.15, 0.2) is 43.1 Å². The minimum atomic E-state index is -0.400. The van der Waals surface area contributed by atoms with Gasteiger partial charge in [-0.3, -0.25) is 15.6 Å². The molecule has 2 rings (SSSR count). The Morgan fingerprint density at radius 2 is 2.10 bits per heavy atom. The molecule has 0 saturated heterocycles. The first-order valence-electron chi connectivity index (χ1n) is 5.66. The first kappa shape index (κ1) is 14.0. The lowest BCUT2D eigenvalue weighted by atomic mass is 10.3. The van der Waals surface area contributed by atoms with Gasteiger partial charge in [0, 0.05) is 11.2 Å². The minimum Gasteiger partial charge on any atom is -0.323 e. The molecule has 102 valence electrons. The van der Waals surface area contributed by atoms with Crippen molar-refractivity contribution >= 4 is 29.0 Å². The highest BCUT2D eigenvalue weighted by molar-refractivity contribution is 6.30. The number of carbonyl (C=O) groups excluding carboxylic acids is 1. The highest BCUT2D eigenvalue weighted by Crippen LogP contribution is 2.12. The topological polar surface area (TPSA) is 92.9 Å². The largest absolute Gasteiger partial charge is 0.323 e. The smallest absolute Gasteiger partial charge is 0.275 e. The quantitative estimate of drug-likeness (QED) is 0.590. The summed E-state index contributed by atoms with van der Waals surface area (Å²) < 4.78 is 0. The van der Waals surface area contributed by atoms with E-state index in [1.54, 1.807) is 24.3 Å². The van der Waals surface area contributed by atoms with Gasteiger partial charge >= 0.3 is 0 Å². The van der Waals surface area contributed by atoms with Gasteiger partial charge in [-0.15, -0.1) is 0 Å². The van der Waals surface area contributed by atoms with Crippen molar-refractivity contribution in [2.75, 3.05) is 5.32 Å². The molecule has 2 aromatic heterocycles. The summed E-state index contributed by atoms with van der Waals surface area (Å²) in [4.78, 5) is 20.1. The van der Waals surface area contributed by atoms with Crippen LogP contribution in [0.1, 0.15) is 16.2 Å². The number of halogens is 1. The predicted molar refractivity (Wildman–Crippen MR) is 77.8 cm³/mol. The Labute approximate surface area is 120 Å². The number of hydrogen-bond acceptors (Lipinski definition) is 5. The number of carbonyl (C=O) groups is 1. The van der Waals surface area contributed by atoms with E-state index in [0.717, 1.165) is 0 Å². The number of aromatic nitrogens is 2. The van der Waals surface area contributed by atoms with E-state index in [-0.39, 0.29) is 5.69 Å². The lowest BCUT2D eigenvalue weighted by Crippen LogP contribution is -2.20. The molecule has 1 amide bonds. The normalized spacial score (nSPS) is 9.90. The fourth-order valence-electron chi connectivity index (χ4n) is 1.46. The fourth-order valence-corrected chi connectivity index (χ4v) is 1.62. The molecule has 0 aromatic carbocycles. The minimum absolute atomic E-state index is 0.209. The van der Waals surface area contributed by atoms with Crippen LogP contribution in [0.2, 0.25) is 5.02 Å². The molecule has 0 fully saturated rings.